The van der Waals surface area contributed by atoms with Gasteiger partial charge in [-0.1, -0.05) is 30.3 Å². The first-order chi connectivity index (χ1) is 13.7. The lowest BCUT2D eigenvalue weighted by Gasteiger charge is -2.10. The van der Waals surface area contributed by atoms with E-state index < -0.39 is 0 Å². The largest absolute Gasteiger partial charge is 0.483 e. The molecule has 140 valence electrons. The molecule has 0 aliphatic heterocycles. The molecule has 4 aromatic rings. The Labute approximate surface area is 170 Å². The third-order valence-corrected chi connectivity index (χ3v) is 5.01. The van der Waals surface area contributed by atoms with Crippen LogP contribution in [0.2, 0.25) is 0 Å². The molecule has 1 N–H and O–H groups in total. The smallest absolute Gasteiger partial charge is 0.263 e. The van der Waals surface area contributed by atoms with E-state index in [0.717, 1.165) is 20.8 Å². The first-order valence-corrected chi connectivity index (χ1v) is 9.50. The molecule has 0 saturated heterocycles. The number of rotatable bonds is 6. The van der Waals surface area contributed by atoms with Gasteiger partial charge < -0.3 is 10.1 Å². The van der Waals surface area contributed by atoms with Gasteiger partial charge in [0.25, 0.3) is 5.91 Å². The van der Waals surface area contributed by atoms with Crippen LogP contribution in [-0.4, -0.2) is 27.3 Å². The van der Waals surface area contributed by atoms with Crippen molar-refractivity contribution < 1.29 is 9.53 Å². The predicted molar refractivity (Wildman–Crippen MR) is 111 cm³/mol. The average Bonchev–Trinajstić information content (AvgIpc) is 3.15. The first-order valence-electron chi connectivity index (χ1n) is 8.71. The van der Waals surface area contributed by atoms with Crippen molar-refractivity contribution in [1.29, 1.82) is 0 Å². The van der Waals surface area contributed by atoms with Gasteiger partial charge in [-0.2, -0.15) is 5.10 Å². The monoisotopic (exact) mass is 436 g/mol. The van der Waals surface area contributed by atoms with Crippen LogP contribution in [-0.2, 0) is 11.3 Å². The minimum absolute atomic E-state index is 0.103. The van der Waals surface area contributed by atoms with Crippen molar-refractivity contribution >= 4 is 38.4 Å². The van der Waals surface area contributed by atoms with Gasteiger partial charge in [-0.3, -0.25) is 14.5 Å². The zero-order valence-corrected chi connectivity index (χ0v) is 16.5. The number of halogens is 1. The molecule has 2 heterocycles. The maximum atomic E-state index is 12.2. The summed E-state index contributed by atoms with van der Waals surface area (Å²) in [4.78, 5) is 16.2. The van der Waals surface area contributed by atoms with Crippen molar-refractivity contribution in [2.75, 3.05) is 11.9 Å². The topological polar surface area (TPSA) is 69.0 Å². The number of aromatic nitrogens is 3. The van der Waals surface area contributed by atoms with E-state index in [1.165, 1.54) is 0 Å². The van der Waals surface area contributed by atoms with Crippen LogP contribution >= 0.6 is 15.9 Å². The normalized spacial score (nSPS) is 10.8. The highest BCUT2D eigenvalue weighted by Gasteiger charge is 2.10. The van der Waals surface area contributed by atoms with Gasteiger partial charge in [-0.15, -0.1) is 0 Å². The van der Waals surface area contributed by atoms with E-state index in [4.69, 9.17) is 4.74 Å². The van der Waals surface area contributed by atoms with Gasteiger partial charge in [0.2, 0.25) is 0 Å². The van der Waals surface area contributed by atoms with E-state index in [-0.39, 0.29) is 12.5 Å². The van der Waals surface area contributed by atoms with Crippen LogP contribution in [0, 0.1) is 0 Å². The lowest BCUT2D eigenvalue weighted by Crippen LogP contribution is -2.20. The second-order valence-corrected chi connectivity index (χ2v) is 6.98. The fourth-order valence-corrected chi connectivity index (χ4v) is 3.45. The molecular weight excluding hydrogens is 420 g/mol. The van der Waals surface area contributed by atoms with Gasteiger partial charge in [0.1, 0.15) is 5.75 Å². The van der Waals surface area contributed by atoms with Crippen molar-refractivity contribution in [3.05, 3.63) is 83.2 Å². The van der Waals surface area contributed by atoms with Crippen LogP contribution in [0.5, 0.6) is 5.75 Å². The number of amides is 1. The van der Waals surface area contributed by atoms with Crippen LogP contribution in [0.3, 0.4) is 0 Å². The molecule has 7 heteroatoms. The first kappa shape index (κ1) is 18.2. The van der Waals surface area contributed by atoms with Crippen molar-refractivity contribution in [3.63, 3.8) is 0 Å². The molecule has 0 spiro atoms. The van der Waals surface area contributed by atoms with E-state index in [1.54, 1.807) is 23.1 Å². The molecule has 2 aromatic heterocycles. The Balaban J connectivity index is 1.36. The van der Waals surface area contributed by atoms with E-state index in [9.17, 15) is 4.79 Å². The molecule has 28 heavy (non-hydrogen) atoms. The molecule has 6 nitrogen and oxygen atoms in total. The fourth-order valence-electron chi connectivity index (χ4n) is 2.84. The molecule has 2 aromatic carbocycles. The molecule has 0 bridgehead atoms. The number of hydrogen-bond acceptors (Lipinski definition) is 4. The maximum absolute atomic E-state index is 12.2. The molecule has 0 fully saturated rings. The quantitative estimate of drug-likeness (QED) is 0.490. The molecular formula is C21H17BrN4O2. The van der Waals surface area contributed by atoms with E-state index >= 15 is 0 Å². The number of carbonyl (C=O) groups is 1. The van der Waals surface area contributed by atoms with E-state index in [0.29, 0.717) is 18.1 Å². The number of ether oxygens (including phenoxy) is 1. The number of pyridine rings is 1. The molecule has 0 radical (unpaired) electrons. The Morgan fingerprint density at radius 2 is 1.89 bits per heavy atom. The van der Waals surface area contributed by atoms with Crippen molar-refractivity contribution in [1.82, 2.24) is 14.8 Å². The van der Waals surface area contributed by atoms with Gasteiger partial charge in [0.15, 0.2) is 12.4 Å². The summed E-state index contributed by atoms with van der Waals surface area (Å²) in [5.74, 6) is 0.839. The van der Waals surface area contributed by atoms with Gasteiger partial charge >= 0.3 is 0 Å². The standard InChI is InChI=1S/C21H17BrN4O2/c22-21-17-4-2-1-3-16(17)5-6-18(21)28-14-20(27)24-19-9-12-26(25-19)13-15-7-10-23-11-8-15/h1-12H,13-14H2,(H,24,25,27). The predicted octanol–water partition coefficient (Wildman–Crippen LogP) is 4.26. The van der Waals surface area contributed by atoms with Crippen LogP contribution in [0.25, 0.3) is 10.8 Å². The number of nitrogens with zero attached hydrogens (tertiary/aromatic N) is 3. The molecule has 0 aliphatic rings. The van der Waals surface area contributed by atoms with Gasteiger partial charge in [-0.05, 0) is 50.5 Å². The highest BCUT2D eigenvalue weighted by atomic mass is 79.9. The molecule has 0 unspecified atom stereocenters. The molecule has 0 atom stereocenters. The highest BCUT2D eigenvalue weighted by molar-refractivity contribution is 9.10. The summed E-state index contributed by atoms with van der Waals surface area (Å²) in [6.07, 6.45) is 5.30. The van der Waals surface area contributed by atoms with Crippen molar-refractivity contribution in [2.45, 2.75) is 6.54 Å². The second kappa shape index (κ2) is 8.22. The zero-order valence-electron chi connectivity index (χ0n) is 14.9. The summed E-state index contributed by atoms with van der Waals surface area (Å²) < 4.78 is 8.27. The third-order valence-electron chi connectivity index (χ3n) is 4.19. The fraction of sp³-hybridized carbons (Fsp3) is 0.0952. The Bertz CT molecular complexity index is 1110. The Morgan fingerprint density at radius 3 is 2.75 bits per heavy atom. The van der Waals surface area contributed by atoms with Crippen molar-refractivity contribution in [3.8, 4) is 5.75 Å². The number of fused-ring (bicyclic) bond motifs is 1. The zero-order chi connectivity index (χ0) is 19.3. The number of anilines is 1. The third kappa shape index (κ3) is 4.20. The lowest BCUT2D eigenvalue weighted by atomic mass is 10.1. The maximum Gasteiger partial charge on any atom is 0.263 e. The molecule has 4 rings (SSSR count). The molecule has 1 amide bonds. The average molecular weight is 437 g/mol. The van der Waals surface area contributed by atoms with Gasteiger partial charge in [0.05, 0.1) is 11.0 Å². The molecule has 0 saturated carbocycles. The van der Waals surface area contributed by atoms with E-state index in [1.807, 2.05) is 54.7 Å². The number of carbonyl (C=O) groups excluding carboxylic acids is 1. The van der Waals surface area contributed by atoms with Crippen LogP contribution < -0.4 is 10.1 Å². The Hall–Kier alpha value is -3.19. The second-order valence-electron chi connectivity index (χ2n) is 6.19. The summed E-state index contributed by atoms with van der Waals surface area (Å²) in [7, 11) is 0. The van der Waals surface area contributed by atoms with Crippen LogP contribution in [0.1, 0.15) is 5.56 Å². The summed E-state index contributed by atoms with van der Waals surface area (Å²) in [5, 5.41) is 9.25. The SMILES string of the molecule is O=C(COc1ccc2ccccc2c1Br)Nc1ccn(Cc2ccncc2)n1. The number of hydrogen-bond donors (Lipinski definition) is 1. The molecule has 0 aliphatic carbocycles. The van der Waals surface area contributed by atoms with Crippen LogP contribution in [0.4, 0.5) is 5.82 Å². The minimum atomic E-state index is -0.269. The summed E-state index contributed by atoms with van der Waals surface area (Å²) in [6.45, 7) is 0.507. The summed E-state index contributed by atoms with van der Waals surface area (Å²) in [6, 6.07) is 17.4. The van der Waals surface area contributed by atoms with Gasteiger partial charge in [0, 0.05) is 24.7 Å². The van der Waals surface area contributed by atoms with E-state index in [2.05, 4.69) is 31.3 Å². The van der Waals surface area contributed by atoms with Gasteiger partial charge in [-0.25, -0.2) is 0 Å². The summed E-state index contributed by atoms with van der Waals surface area (Å²) >= 11 is 3.56. The number of nitrogens with one attached hydrogen (secondary N) is 1. The Kier molecular flexibility index (Phi) is 5.34. The lowest BCUT2D eigenvalue weighted by molar-refractivity contribution is -0.118. The minimum Gasteiger partial charge on any atom is -0.483 e. The van der Waals surface area contributed by atoms with Crippen molar-refractivity contribution in [2.24, 2.45) is 0 Å². The summed E-state index contributed by atoms with van der Waals surface area (Å²) in [5.41, 5.74) is 1.08. The highest BCUT2D eigenvalue weighted by Crippen LogP contribution is 2.32. The van der Waals surface area contributed by atoms with Crippen LogP contribution in [0.15, 0.2) is 77.7 Å². The Morgan fingerprint density at radius 1 is 1.07 bits per heavy atom. The number of benzene rings is 2.